The number of hydrogen-bond donors (Lipinski definition) is 1. The third kappa shape index (κ3) is 2.76. The van der Waals surface area contributed by atoms with Crippen LogP contribution < -0.4 is 5.32 Å². The molecule has 0 radical (unpaired) electrons. The van der Waals surface area contributed by atoms with E-state index in [9.17, 15) is 0 Å². The molecule has 0 saturated carbocycles. The van der Waals surface area contributed by atoms with Crippen LogP contribution in [0.25, 0.3) is 0 Å². The summed E-state index contributed by atoms with van der Waals surface area (Å²) in [6.45, 7) is 8.76. The zero-order valence-corrected chi connectivity index (χ0v) is 12.2. The molecule has 0 spiro atoms. The van der Waals surface area contributed by atoms with Gasteiger partial charge < -0.3 is 5.32 Å². The Morgan fingerprint density at radius 3 is 2.31 bits per heavy atom. The van der Waals surface area contributed by atoms with E-state index in [4.69, 9.17) is 0 Å². The molecule has 0 aliphatic heterocycles. The lowest BCUT2D eigenvalue weighted by Gasteiger charge is -2.33. The molecule has 1 aromatic rings. The molecule has 0 amide bonds. The molecule has 0 unspecified atom stereocenters. The Kier molecular flexibility index (Phi) is 4.78. The first-order chi connectivity index (χ1) is 7.58. The summed E-state index contributed by atoms with van der Waals surface area (Å²) < 4.78 is 1.08. The monoisotopic (exact) mass is 284 g/mol. The third-order valence-corrected chi connectivity index (χ3v) is 4.50. The Balaban J connectivity index is 2.98. The summed E-state index contributed by atoms with van der Waals surface area (Å²) in [5, 5.41) is 3.59. The highest BCUT2D eigenvalue weighted by Crippen LogP contribution is 2.30. The lowest BCUT2D eigenvalue weighted by atomic mass is 9.90. The number of hydrogen-bond acceptors (Lipinski definition) is 2. The molecular formula is C13H21BrN2. The summed E-state index contributed by atoms with van der Waals surface area (Å²) >= 11 is 3.60. The van der Waals surface area contributed by atoms with Crippen LogP contribution in [0.15, 0.2) is 16.7 Å². The van der Waals surface area contributed by atoms with E-state index >= 15 is 0 Å². The van der Waals surface area contributed by atoms with Crippen molar-refractivity contribution in [1.82, 2.24) is 4.98 Å². The van der Waals surface area contributed by atoms with E-state index in [1.165, 1.54) is 5.56 Å². The van der Waals surface area contributed by atoms with Gasteiger partial charge >= 0.3 is 0 Å². The number of nitrogens with one attached hydrogen (secondary N) is 1. The molecule has 0 bridgehead atoms. The summed E-state index contributed by atoms with van der Waals surface area (Å²) in [4.78, 5) is 4.41. The van der Waals surface area contributed by atoms with Crippen molar-refractivity contribution >= 4 is 21.7 Å². The number of halogens is 1. The first kappa shape index (κ1) is 13.5. The van der Waals surface area contributed by atoms with Crippen molar-refractivity contribution in [1.29, 1.82) is 0 Å². The van der Waals surface area contributed by atoms with Gasteiger partial charge in [-0.25, -0.2) is 4.98 Å². The third-order valence-electron chi connectivity index (χ3n) is 3.50. The molecule has 90 valence electrons. The molecule has 1 heterocycles. The lowest BCUT2D eigenvalue weighted by Crippen LogP contribution is -2.36. The van der Waals surface area contributed by atoms with E-state index in [2.05, 4.69) is 53.9 Å². The van der Waals surface area contributed by atoms with Gasteiger partial charge in [0.15, 0.2) is 0 Å². The number of pyridine rings is 1. The van der Waals surface area contributed by atoms with Crippen molar-refractivity contribution in [3.05, 3.63) is 22.3 Å². The minimum atomic E-state index is 0.170. The van der Waals surface area contributed by atoms with E-state index in [0.29, 0.717) is 0 Å². The van der Waals surface area contributed by atoms with Gasteiger partial charge in [0.05, 0.1) is 4.47 Å². The van der Waals surface area contributed by atoms with Gasteiger partial charge in [-0.05, 0) is 53.7 Å². The van der Waals surface area contributed by atoms with E-state index in [1.54, 1.807) is 0 Å². The first-order valence-corrected chi connectivity index (χ1v) is 6.77. The molecule has 1 N–H and O–H groups in total. The van der Waals surface area contributed by atoms with E-state index in [1.807, 2.05) is 12.3 Å². The topological polar surface area (TPSA) is 24.9 Å². The van der Waals surface area contributed by atoms with Crippen LogP contribution in [0.4, 0.5) is 5.82 Å². The average molecular weight is 285 g/mol. The van der Waals surface area contributed by atoms with Crippen LogP contribution in [0, 0.1) is 6.92 Å². The number of anilines is 1. The van der Waals surface area contributed by atoms with E-state index in [0.717, 1.165) is 29.6 Å². The van der Waals surface area contributed by atoms with Gasteiger partial charge in [-0.15, -0.1) is 0 Å². The SMILES string of the molecule is CCC(CC)(CC)Nc1nccc(C)c1Br. The highest BCUT2D eigenvalue weighted by atomic mass is 79.9. The average Bonchev–Trinajstić information content (AvgIpc) is 2.32. The highest BCUT2D eigenvalue weighted by molar-refractivity contribution is 9.10. The van der Waals surface area contributed by atoms with Gasteiger partial charge in [-0.2, -0.15) is 0 Å². The largest absolute Gasteiger partial charge is 0.364 e. The molecule has 1 aromatic heterocycles. The molecule has 0 saturated heterocycles. The summed E-state index contributed by atoms with van der Waals surface area (Å²) in [6, 6.07) is 2.01. The van der Waals surface area contributed by atoms with Crippen molar-refractivity contribution in [2.24, 2.45) is 0 Å². The quantitative estimate of drug-likeness (QED) is 0.859. The fourth-order valence-corrected chi connectivity index (χ4v) is 2.23. The van der Waals surface area contributed by atoms with Crippen LogP contribution in [0.1, 0.15) is 45.6 Å². The zero-order valence-electron chi connectivity index (χ0n) is 10.6. The van der Waals surface area contributed by atoms with Crippen LogP contribution in [-0.4, -0.2) is 10.5 Å². The summed E-state index contributed by atoms with van der Waals surface area (Å²) in [7, 11) is 0. The van der Waals surface area contributed by atoms with Crippen molar-refractivity contribution in [3.8, 4) is 0 Å². The van der Waals surface area contributed by atoms with Crippen LogP contribution in [0.5, 0.6) is 0 Å². The maximum absolute atomic E-state index is 4.41. The number of nitrogens with zero attached hydrogens (tertiary/aromatic N) is 1. The Labute approximate surface area is 107 Å². The standard InChI is InChI=1S/C13H21BrN2/c1-5-13(6-2,7-3)16-12-11(14)10(4)8-9-15-12/h8-9H,5-7H2,1-4H3,(H,15,16). The Morgan fingerprint density at radius 2 is 1.81 bits per heavy atom. The Hall–Kier alpha value is -0.570. The Morgan fingerprint density at radius 1 is 1.25 bits per heavy atom. The molecule has 0 atom stereocenters. The second-order valence-corrected chi connectivity index (χ2v) is 5.05. The van der Waals surface area contributed by atoms with Gasteiger partial charge in [0.25, 0.3) is 0 Å². The molecule has 3 heteroatoms. The molecule has 2 nitrogen and oxygen atoms in total. The predicted molar refractivity (Wildman–Crippen MR) is 73.9 cm³/mol. The van der Waals surface area contributed by atoms with Gasteiger partial charge in [-0.3, -0.25) is 0 Å². The summed E-state index contributed by atoms with van der Waals surface area (Å²) in [5.74, 6) is 0.963. The predicted octanol–water partition coefficient (Wildman–Crippen LogP) is 4.53. The Bertz CT molecular complexity index is 338. The normalized spacial score (nSPS) is 11.6. The number of rotatable bonds is 5. The fourth-order valence-electron chi connectivity index (χ4n) is 1.89. The molecule has 0 aromatic carbocycles. The van der Waals surface area contributed by atoms with Crippen LogP contribution in [0.3, 0.4) is 0 Å². The molecular weight excluding hydrogens is 264 g/mol. The smallest absolute Gasteiger partial charge is 0.140 e. The maximum atomic E-state index is 4.41. The maximum Gasteiger partial charge on any atom is 0.140 e. The second-order valence-electron chi connectivity index (χ2n) is 4.26. The fraction of sp³-hybridized carbons (Fsp3) is 0.615. The minimum Gasteiger partial charge on any atom is -0.364 e. The van der Waals surface area contributed by atoms with Gasteiger partial charge in [-0.1, -0.05) is 20.8 Å². The van der Waals surface area contributed by atoms with Crippen LogP contribution >= 0.6 is 15.9 Å². The van der Waals surface area contributed by atoms with Crippen molar-refractivity contribution in [2.75, 3.05) is 5.32 Å². The van der Waals surface area contributed by atoms with E-state index in [-0.39, 0.29) is 5.54 Å². The number of aromatic nitrogens is 1. The summed E-state index contributed by atoms with van der Waals surface area (Å²) in [5.41, 5.74) is 1.39. The van der Waals surface area contributed by atoms with Crippen molar-refractivity contribution in [2.45, 2.75) is 52.5 Å². The lowest BCUT2D eigenvalue weighted by molar-refractivity contribution is 0.418. The van der Waals surface area contributed by atoms with Gasteiger partial charge in [0.1, 0.15) is 5.82 Å². The van der Waals surface area contributed by atoms with Gasteiger partial charge in [0, 0.05) is 11.7 Å². The molecule has 16 heavy (non-hydrogen) atoms. The minimum absolute atomic E-state index is 0.170. The first-order valence-electron chi connectivity index (χ1n) is 5.97. The highest BCUT2D eigenvalue weighted by Gasteiger charge is 2.24. The van der Waals surface area contributed by atoms with E-state index < -0.39 is 0 Å². The summed E-state index contributed by atoms with van der Waals surface area (Å²) in [6.07, 6.45) is 5.19. The van der Waals surface area contributed by atoms with Crippen molar-refractivity contribution < 1.29 is 0 Å². The van der Waals surface area contributed by atoms with Crippen molar-refractivity contribution in [3.63, 3.8) is 0 Å². The number of aryl methyl sites for hydroxylation is 1. The molecule has 0 fully saturated rings. The van der Waals surface area contributed by atoms with Crippen LogP contribution in [0.2, 0.25) is 0 Å². The molecule has 1 rings (SSSR count). The molecule has 0 aliphatic rings. The van der Waals surface area contributed by atoms with Crippen LogP contribution in [-0.2, 0) is 0 Å². The zero-order chi connectivity index (χ0) is 12.2. The molecule has 0 aliphatic carbocycles. The van der Waals surface area contributed by atoms with Gasteiger partial charge in [0.2, 0.25) is 0 Å². The second kappa shape index (κ2) is 5.67.